The summed E-state index contributed by atoms with van der Waals surface area (Å²) in [4.78, 5) is 7.26. The zero-order valence-corrected chi connectivity index (χ0v) is 15.3. The van der Waals surface area contributed by atoms with Crippen LogP contribution in [0.1, 0.15) is 6.42 Å². The summed E-state index contributed by atoms with van der Waals surface area (Å²) in [6.45, 7) is 7.08. The van der Waals surface area contributed by atoms with Crippen molar-refractivity contribution in [1.29, 1.82) is 0 Å². The molecule has 0 N–H and O–H groups in total. The van der Waals surface area contributed by atoms with E-state index in [0.717, 1.165) is 57.9 Å². The SMILES string of the molecule is O=S1(=O)CCC(CN2CC(N3CCN(c4ccc(F)cc4)CC3)C2)C1. The van der Waals surface area contributed by atoms with E-state index in [-0.39, 0.29) is 5.82 Å². The zero-order chi connectivity index (χ0) is 17.4. The summed E-state index contributed by atoms with van der Waals surface area (Å²) in [5.41, 5.74) is 1.10. The fourth-order valence-electron chi connectivity index (χ4n) is 4.30. The molecular formula is C18H26FN3O2S. The van der Waals surface area contributed by atoms with Crippen molar-refractivity contribution < 1.29 is 12.8 Å². The minimum Gasteiger partial charge on any atom is -0.369 e. The van der Waals surface area contributed by atoms with Gasteiger partial charge in [0.2, 0.25) is 0 Å². The van der Waals surface area contributed by atoms with Gasteiger partial charge in [-0.25, -0.2) is 12.8 Å². The molecule has 3 aliphatic rings. The third-order valence-electron chi connectivity index (χ3n) is 5.80. The number of hydrogen-bond acceptors (Lipinski definition) is 5. The summed E-state index contributed by atoms with van der Waals surface area (Å²) in [5.74, 6) is 0.901. The Labute approximate surface area is 149 Å². The first kappa shape index (κ1) is 17.2. The number of halogens is 1. The maximum atomic E-state index is 13.0. The standard InChI is InChI=1S/C18H26FN3O2S/c19-16-1-3-17(4-2-16)21-6-8-22(9-7-21)18-12-20(13-18)11-15-5-10-25(23,24)14-15/h1-4,15,18H,5-14H2. The zero-order valence-electron chi connectivity index (χ0n) is 14.5. The Kier molecular flexibility index (Phi) is 4.73. The molecular weight excluding hydrogens is 341 g/mol. The summed E-state index contributed by atoms with van der Waals surface area (Å²) < 4.78 is 36.1. The number of nitrogens with zero attached hydrogens (tertiary/aromatic N) is 3. The smallest absolute Gasteiger partial charge is 0.150 e. The van der Waals surface area contributed by atoms with E-state index in [9.17, 15) is 12.8 Å². The Balaban J connectivity index is 1.20. The van der Waals surface area contributed by atoms with Crippen molar-refractivity contribution >= 4 is 15.5 Å². The lowest BCUT2D eigenvalue weighted by Gasteiger charge is -2.49. The van der Waals surface area contributed by atoms with Crippen LogP contribution in [0.3, 0.4) is 0 Å². The van der Waals surface area contributed by atoms with E-state index < -0.39 is 9.84 Å². The van der Waals surface area contributed by atoms with Crippen LogP contribution in [0.2, 0.25) is 0 Å². The molecule has 0 radical (unpaired) electrons. The second-order valence-electron chi connectivity index (χ2n) is 7.64. The van der Waals surface area contributed by atoms with Crippen LogP contribution in [0.5, 0.6) is 0 Å². The molecule has 3 aliphatic heterocycles. The first-order valence-corrected chi connectivity index (χ1v) is 11.0. The van der Waals surface area contributed by atoms with Crippen LogP contribution in [0, 0.1) is 11.7 Å². The van der Waals surface area contributed by atoms with E-state index >= 15 is 0 Å². The van der Waals surface area contributed by atoms with E-state index in [4.69, 9.17) is 0 Å². The minimum absolute atomic E-state index is 0.188. The van der Waals surface area contributed by atoms with Crippen LogP contribution >= 0.6 is 0 Å². The number of likely N-dealkylation sites (tertiary alicyclic amines) is 1. The van der Waals surface area contributed by atoms with Crippen LogP contribution in [-0.4, -0.2) is 81.6 Å². The molecule has 5 nitrogen and oxygen atoms in total. The van der Waals surface area contributed by atoms with Gasteiger partial charge in [-0.2, -0.15) is 0 Å². The molecule has 1 unspecified atom stereocenters. The summed E-state index contributed by atoms with van der Waals surface area (Å²) in [6, 6.07) is 7.36. The fourth-order valence-corrected chi connectivity index (χ4v) is 6.15. The van der Waals surface area contributed by atoms with Crippen molar-refractivity contribution in [1.82, 2.24) is 9.80 Å². The Bertz CT molecular complexity index is 696. The molecule has 25 heavy (non-hydrogen) atoms. The molecule has 0 saturated carbocycles. The van der Waals surface area contributed by atoms with Gasteiger partial charge in [-0.05, 0) is 36.6 Å². The molecule has 4 rings (SSSR count). The summed E-state index contributed by atoms with van der Waals surface area (Å²) in [6.07, 6.45) is 0.833. The summed E-state index contributed by atoms with van der Waals surface area (Å²) in [5, 5.41) is 0. The molecule has 7 heteroatoms. The van der Waals surface area contributed by atoms with Gasteiger partial charge in [0.15, 0.2) is 9.84 Å². The lowest BCUT2D eigenvalue weighted by atomic mass is 10.0. The van der Waals surface area contributed by atoms with Crippen molar-refractivity contribution in [3.05, 3.63) is 30.1 Å². The average Bonchev–Trinajstić information content (AvgIpc) is 2.90. The number of hydrogen-bond donors (Lipinski definition) is 0. The molecule has 0 amide bonds. The maximum Gasteiger partial charge on any atom is 0.150 e. The molecule has 3 fully saturated rings. The van der Waals surface area contributed by atoms with Crippen molar-refractivity contribution in [3.63, 3.8) is 0 Å². The van der Waals surface area contributed by atoms with E-state index in [1.54, 1.807) is 0 Å². The second kappa shape index (κ2) is 6.85. The maximum absolute atomic E-state index is 13.0. The van der Waals surface area contributed by atoms with Crippen LogP contribution in [-0.2, 0) is 9.84 Å². The van der Waals surface area contributed by atoms with Gasteiger partial charge in [0.25, 0.3) is 0 Å². The number of piperazine rings is 1. The van der Waals surface area contributed by atoms with Gasteiger partial charge in [-0.15, -0.1) is 0 Å². The van der Waals surface area contributed by atoms with Crippen LogP contribution in [0.25, 0.3) is 0 Å². The second-order valence-corrected chi connectivity index (χ2v) is 9.87. The number of anilines is 1. The Morgan fingerprint density at radius 1 is 1.04 bits per heavy atom. The molecule has 3 saturated heterocycles. The lowest BCUT2D eigenvalue weighted by Crippen LogP contribution is -2.63. The van der Waals surface area contributed by atoms with Crippen LogP contribution in [0.15, 0.2) is 24.3 Å². The molecule has 0 spiro atoms. The molecule has 1 aromatic rings. The minimum atomic E-state index is -2.76. The van der Waals surface area contributed by atoms with E-state index in [1.165, 1.54) is 12.1 Å². The van der Waals surface area contributed by atoms with Gasteiger partial charge < -0.3 is 4.90 Å². The summed E-state index contributed by atoms with van der Waals surface area (Å²) in [7, 11) is -2.76. The van der Waals surface area contributed by atoms with E-state index in [0.29, 0.717) is 23.5 Å². The molecule has 0 aromatic heterocycles. The normalized spacial score (nSPS) is 28.2. The van der Waals surface area contributed by atoms with Crippen molar-refractivity contribution in [2.75, 3.05) is 62.2 Å². The topological polar surface area (TPSA) is 43.9 Å². The van der Waals surface area contributed by atoms with Gasteiger partial charge in [0, 0.05) is 57.5 Å². The highest BCUT2D eigenvalue weighted by molar-refractivity contribution is 7.91. The van der Waals surface area contributed by atoms with Crippen molar-refractivity contribution in [2.24, 2.45) is 5.92 Å². The molecule has 0 bridgehead atoms. The Morgan fingerprint density at radius 2 is 1.72 bits per heavy atom. The van der Waals surface area contributed by atoms with E-state index in [2.05, 4.69) is 14.7 Å². The first-order valence-electron chi connectivity index (χ1n) is 9.16. The molecule has 1 aromatic carbocycles. The quantitative estimate of drug-likeness (QED) is 0.796. The first-order chi connectivity index (χ1) is 12.0. The predicted molar refractivity (Wildman–Crippen MR) is 97.2 cm³/mol. The Hall–Kier alpha value is -1.18. The number of benzene rings is 1. The largest absolute Gasteiger partial charge is 0.369 e. The molecule has 3 heterocycles. The lowest BCUT2D eigenvalue weighted by molar-refractivity contribution is 0.0231. The third kappa shape index (κ3) is 3.99. The predicted octanol–water partition coefficient (Wildman–Crippen LogP) is 1.07. The van der Waals surface area contributed by atoms with Crippen molar-refractivity contribution in [3.8, 4) is 0 Å². The fraction of sp³-hybridized carbons (Fsp3) is 0.667. The third-order valence-corrected chi connectivity index (χ3v) is 7.64. The van der Waals surface area contributed by atoms with Gasteiger partial charge in [0.05, 0.1) is 11.5 Å². The average molecular weight is 367 g/mol. The highest BCUT2D eigenvalue weighted by atomic mass is 32.2. The van der Waals surface area contributed by atoms with Gasteiger partial charge in [-0.1, -0.05) is 0 Å². The Morgan fingerprint density at radius 3 is 2.32 bits per heavy atom. The summed E-state index contributed by atoms with van der Waals surface area (Å²) >= 11 is 0. The molecule has 0 aliphatic carbocycles. The van der Waals surface area contributed by atoms with Crippen molar-refractivity contribution in [2.45, 2.75) is 12.5 Å². The van der Waals surface area contributed by atoms with Gasteiger partial charge in [0.1, 0.15) is 5.82 Å². The molecule has 1 atom stereocenters. The van der Waals surface area contributed by atoms with Crippen LogP contribution in [0.4, 0.5) is 10.1 Å². The molecule has 138 valence electrons. The monoisotopic (exact) mass is 367 g/mol. The van der Waals surface area contributed by atoms with Gasteiger partial charge in [-0.3, -0.25) is 9.80 Å². The highest BCUT2D eigenvalue weighted by Crippen LogP contribution is 2.25. The number of rotatable bonds is 4. The number of sulfone groups is 1. The van der Waals surface area contributed by atoms with Crippen LogP contribution < -0.4 is 4.90 Å². The van der Waals surface area contributed by atoms with E-state index in [1.807, 2.05) is 12.1 Å². The highest BCUT2D eigenvalue weighted by Gasteiger charge is 2.36. The van der Waals surface area contributed by atoms with Gasteiger partial charge >= 0.3 is 0 Å².